The molecule has 2 aliphatic rings. The normalized spacial score (nSPS) is 20.5. The van der Waals surface area contributed by atoms with Gasteiger partial charge in [0.1, 0.15) is 0 Å². The van der Waals surface area contributed by atoms with Crippen molar-refractivity contribution in [1.29, 1.82) is 0 Å². The molecule has 2 nitrogen and oxygen atoms in total. The van der Waals surface area contributed by atoms with E-state index in [0.29, 0.717) is 6.04 Å². The summed E-state index contributed by atoms with van der Waals surface area (Å²) in [5.41, 5.74) is 7.07. The van der Waals surface area contributed by atoms with Crippen molar-refractivity contribution in [2.75, 3.05) is 13.2 Å². The highest BCUT2D eigenvalue weighted by molar-refractivity contribution is 5.76. The molecule has 0 radical (unpaired) electrons. The molecule has 0 unspecified atom stereocenters. The molecule has 1 atom stereocenters. The standard InChI is InChI=1S/C19H21NO/c21-13-17-5-3-9-20(17)12-14-7-8-19-16(10-14)11-15-4-1-2-6-18(15)19/h1-2,4,6-8,10,17,21H,3,5,9,11-13H2/t17-/m1/s1. The molecule has 21 heavy (non-hydrogen) atoms. The predicted molar refractivity (Wildman–Crippen MR) is 85.2 cm³/mol. The Bertz CT molecular complexity index is 664. The Labute approximate surface area is 126 Å². The summed E-state index contributed by atoms with van der Waals surface area (Å²) in [5, 5.41) is 9.45. The Morgan fingerprint density at radius 1 is 1.05 bits per heavy atom. The highest BCUT2D eigenvalue weighted by atomic mass is 16.3. The van der Waals surface area contributed by atoms with Crippen molar-refractivity contribution in [3.8, 4) is 11.1 Å². The van der Waals surface area contributed by atoms with Crippen LogP contribution in [-0.2, 0) is 13.0 Å². The van der Waals surface area contributed by atoms with Crippen molar-refractivity contribution >= 4 is 0 Å². The highest BCUT2D eigenvalue weighted by Crippen LogP contribution is 2.37. The molecule has 2 aromatic rings. The molecule has 1 aliphatic heterocycles. The van der Waals surface area contributed by atoms with Crippen LogP contribution in [0.5, 0.6) is 0 Å². The van der Waals surface area contributed by atoms with E-state index in [4.69, 9.17) is 0 Å². The summed E-state index contributed by atoms with van der Waals surface area (Å²) < 4.78 is 0. The van der Waals surface area contributed by atoms with Gasteiger partial charge in [-0.15, -0.1) is 0 Å². The van der Waals surface area contributed by atoms with Crippen LogP contribution in [0.4, 0.5) is 0 Å². The minimum Gasteiger partial charge on any atom is -0.395 e. The zero-order valence-corrected chi connectivity index (χ0v) is 12.3. The fourth-order valence-electron chi connectivity index (χ4n) is 3.84. The second-order valence-corrected chi connectivity index (χ2v) is 6.27. The van der Waals surface area contributed by atoms with Crippen LogP contribution in [0, 0.1) is 0 Å². The van der Waals surface area contributed by atoms with E-state index in [9.17, 15) is 5.11 Å². The minimum atomic E-state index is 0.288. The second kappa shape index (κ2) is 5.28. The molecule has 1 fully saturated rings. The maximum atomic E-state index is 9.45. The fourth-order valence-corrected chi connectivity index (χ4v) is 3.84. The fraction of sp³-hybridized carbons (Fsp3) is 0.368. The Hall–Kier alpha value is -1.64. The van der Waals surface area contributed by atoms with Crippen LogP contribution in [0.2, 0.25) is 0 Å². The van der Waals surface area contributed by atoms with Crippen molar-refractivity contribution in [1.82, 2.24) is 4.90 Å². The molecule has 0 bridgehead atoms. The van der Waals surface area contributed by atoms with Crippen molar-refractivity contribution in [3.63, 3.8) is 0 Å². The third-order valence-electron chi connectivity index (χ3n) is 4.95. The number of fused-ring (bicyclic) bond motifs is 3. The van der Waals surface area contributed by atoms with Gasteiger partial charge in [0, 0.05) is 12.6 Å². The Kier molecular flexibility index (Phi) is 3.28. The van der Waals surface area contributed by atoms with E-state index in [1.165, 1.54) is 34.2 Å². The molecule has 1 saturated heterocycles. The summed E-state index contributed by atoms with van der Waals surface area (Å²) in [5.74, 6) is 0. The van der Waals surface area contributed by atoms with E-state index in [1.807, 2.05) is 0 Å². The molecule has 108 valence electrons. The number of aliphatic hydroxyl groups is 1. The number of rotatable bonds is 3. The quantitative estimate of drug-likeness (QED) is 0.796. The average Bonchev–Trinajstić information content (AvgIpc) is 3.10. The summed E-state index contributed by atoms with van der Waals surface area (Å²) in [6.45, 7) is 2.37. The number of likely N-dealkylation sites (tertiary alicyclic amines) is 1. The average molecular weight is 279 g/mol. The molecule has 0 saturated carbocycles. The first-order valence-electron chi connectivity index (χ1n) is 7.90. The Morgan fingerprint density at radius 2 is 1.90 bits per heavy atom. The van der Waals surface area contributed by atoms with Crippen LogP contribution in [0.15, 0.2) is 42.5 Å². The Balaban J connectivity index is 1.59. The molecule has 4 rings (SSSR count). The topological polar surface area (TPSA) is 23.5 Å². The lowest BCUT2D eigenvalue weighted by atomic mass is 10.0. The van der Waals surface area contributed by atoms with E-state index >= 15 is 0 Å². The van der Waals surface area contributed by atoms with Gasteiger partial charge in [0.15, 0.2) is 0 Å². The largest absolute Gasteiger partial charge is 0.395 e. The minimum absolute atomic E-state index is 0.288. The molecule has 1 aliphatic carbocycles. The van der Waals surface area contributed by atoms with Crippen LogP contribution < -0.4 is 0 Å². The molecular formula is C19H21NO. The number of hydrogen-bond donors (Lipinski definition) is 1. The van der Waals surface area contributed by atoms with Crippen LogP contribution in [0.3, 0.4) is 0 Å². The molecular weight excluding hydrogens is 258 g/mol. The first-order chi connectivity index (χ1) is 10.3. The van der Waals surface area contributed by atoms with E-state index in [0.717, 1.165) is 25.9 Å². The first kappa shape index (κ1) is 13.1. The van der Waals surface area contributed by atoms with Crippen LogP contribution in [-0.4, -0.2) is 29.2 Å². The van der Waals surface area contributed by atoms with Gasteiger partial charge in [0.05, 0.1) is 6.61 Å². The van der Waals surface area contributed by atoms with Crippen LogP contribution >= 0.6 is 0 Å². The van der Waals surface area contributed by atoms with Gasteiger partial charge >= 0.3 is 0 Å². The van der Waals surface area contributed by atoms with Gasteiger partial charge < -0.3 is 5.11 Å². The van der Waals surface area contributed by atoms with Crippen molar-refractivity contribution in [2.45, 2.75) is 31.8 Å². The van der Waals surface area contributed by atoms with Gasteiger partial charge in [-0.2, -0.15) is 0 Å². The van der Waals surface area contributed by atoms with Crippen LogP contribution in [0.1, 0.15) is 29.5 Å². The molecule has 1 N–H and O–H groups in total. The SMILES string of the molecule is OC[C@H]1CCCN1Cc1ccc2c(c1)Cc1ccccc1-2. The van der Waals surface area contributed by atoms with Gasteiger partial charge in [-0.1, -0.05) is 42.5 Å². The van der Waals surface area contributed by atoms with Crippen molar-refractivity contribution in [3.05, 3.63) is 59.2 Å². The maximum absolute atomic E-state index is 9.45. The molecule has 0 aromatic heterocycles. The van der Waals surface area contributed by atoms with Gasteiger partial charge in [-0.3, -0.25) is 4.90 Å². The second-order valence-electron chi connectivity index (χ2n) is 6.27. The number of benzene rings is 2. The number of nitrogens with zero attached hydrogens (tertiary/aromatic N) is 1. The molecule has 2 aromatic carbocycles. The van der Waals surface area contributed by atoms with Gasteiger partial charge in [-0.05, 0) is 53.6 Å². The maximum Gasteiger partial charge on any atom is 0.0587 e. The smallest absolute Gasteiger partial charge is 0.0587 e. The van der Waals surface area contributed by atoms with E-state index in [-0.39, 0.29) is 6.61 Å². The summed E-state index contributed by atoms with van der Waals surface area (Å²) in [7, 11) is 0. The molecule has 2 heteroatoms. The van der Waals surface area contributed by atoms with Gasteiger partial charge in [0.2, 0.25) is 0 Å². The summed E-state index contributed by atoms with van der Waals surface area (Å²) in [6.07, 6.45) is 3.40. The van der Waals surface area contributed by atoms with E-state index in [2.05, 4.69) is 47.4 Å². The lowest BCUT2D eigenvalue weighted by Crippen LogP contribution is -2.31. The number of hydrogen-bond acceptors (Lipinski definition) is 2. The zero-order chi connectivity index (χ0) is 14.2. The van der Waals surface area contributed by atoms with Crippen molar-refractivity contribution < 1.29 is 5.11 Å². The van der Waals surface area contributed by atoms with Crippen molar-refractivity contribution in [2.24, 2.45) is 0 Å². The summed E-state index contributed by atoms with van der Waals surface area (Å²) >= 11 is 0. The predicted octanol–water partition coefficient (Wildman–Crippen LogP) is 3.21. The highest BCUT2D eigenvalue weighted by Gasteiger charge is 2.24. The summed E-state index contributed by atoms with van der Waals surface area (Å²) in [4.78, 5) is 2.42. The molecule has 0 spiro atoms. The van der Waals surface area contributed by atoms with E-state index < -0.39 is 0 Å². The zero-order valence-electron chi connectivity index (χ0n) is 12.3. The molecule has 1 heterocycles. The summed E-state index contributed by atoms with van der Waals surface area (Å²) in [6, 6.07) is 16.0. The Morgan fingerprint density at radius 3 is 2.81 bits per heavy atom. The monoisotopic (exact) mass is 279 g/mol. The van der Waals surface area contributed by atoms with Gasteiger partial charge in [-0.25, -0.2) is 0 Å². The number of aliphatic hydroxyl groups excluding tert-OH is 1. The third-order valence-corrected chi connectivity index (χ3v) is 4.95. The molecule has 0 amide bonds. The third kappa shape index (κ3) is 2.29. The lowest BCUT2D eigenvalue weighted by molar-refractivity contribution is 0.153. The first-order valence-corrected chi connectivity index (χ1v) is 7.90. The van der Waals surface area contributed by atoms with Crippen LogP contribution in [0.25, 0.3) is 11.1 Å². The lowest BCUT2D eigenvalue weighted by Gasteiger charge is -2.22. The van der Waals surface area contributed by atoms with E-state index in [1.54, 1.807) is 0 Å². The van der Waals surface area contributed by atoms with Gasteiger partial charge in [0.25, 0.3) is 0 Å².